The third-order valence-electron chi connectivity index (χ3n) is 15.4. The molecule has 1 amide bonds. The van der Waals surface area contributed by atoms with Crippen molar-refractivity contribution >= 4 is 11.9 Å². The zero-order valence-electron chi connectivity index (χ0n) is 47.8. The number of carbonyl (C=O) groups excluding carboxylic acids is 2. The molecule has 0 rings (SSSR count). The van der Waals surface area contributed by atoms with E-state index >= 15 is 0 Å². The molecule has 6 nitrogen and oxygen atoms in total. The van der Waals surface area contributed by atoms with Gasteiger partial charge in [0, 0.05) is 12.8 Å². The standard InChI is InChI=1S/C64H127NO5/c1-3-5-7-9-11-13-15-33-38-42-46-50-54-58-64(69)70-59-55-51-47-43-39-35-32-30-28-26-24-22-20-18-16-17-19-21-23-25-27-29-31-34-37-41-45-49-53-57-63(68)65-61(60-66)62(67)56-52-48-44-40-36-14-12-10-8-6-4-2/h61-62,66-67H,3-60H2,1-2H3,(H,65,68). The lowest BCUT2D eigenvalue weighted by Crippen LogP contribution is -2.45. The van der Waals surface area contributed by atoms with E-state index in [1.807, 2.05) is 0 Å². The summed E-state index contributed by atoms with van der Waals surface area (Å²) in [6.45, 7) is 4.98. The summed E-state index contributed by atoms with van der Waals surface area (Å²) in [5, 5.41) is 23.2. The molecule has 0 aliphatic carbocycles. The minimum Gasteiger partial charge on any atom is -0.466 e. The van der Waals surface area contributed by atoms with Crippen LogP contribution in [-0.4, -0.2) is 47.4 Å². The number of rotatable bonds is 61. The third-order valence-corrected chi connectivity index (χ3v) is 15.4. The number of hydrogen-bond acceptors (Lipinski definition) is 5. The second kappa shape index (κ2) is 60.4. The minimum atomic E-state index is -0.659. The van der Waals surface area contributed by atoms with Gasteiger partial charge in [0.1, 0.15) is 0 Å². The first kappa shape index (κ1) is 68.9. The lowest BCUT2D eigenvalue weighted by molar-refractivity contribution is -0.143. The maximum absolute atomic E-state index is 12.4. The first-order valence-corrected chi connectivity index (χ1v) is 32.3. The van der Waals surface area contributed by atoms with Crippen LogP contribution in [0.1, 0.15) is 373 Å². The number of esters is 1. The summed E-state index contributed by atoms with van der Waals surface area (Å²) in [5.41, 5.74) is 0. The lowest BCUT2D eigenvalue weighted by atomic mass is 10.0. The van der Waals surface area contributed by atoms with Gasteiger partial charge in [-0.3, -0.25) is 9.59 Å². The van der Waals surface area contributed by atoms with Gasteiger partial charge in [0.15, 0.2) is 0 Å². The Hall–Kier alpha value is -1.14. The highest BCUT2D eigenvalue weighted by atomic mass is 16.5. The van der Waals surface area contributed by atoms with Gasteiger partial charge in [-0.2, -0.15) is 0 Å². The SMILES string of the molecule is CCCCCCCCCCCCCCCC(=O)OCCCCCCCCCCCCCCCCCCCCCCCCCCCCCCCC(=O)NC(CO)C(O)CCCCCCCCCCCCC. The Labute approximate surface area is 438 Å². The molecule has 2 atom stereocenters. The van der Waals surface area contributed by atoms with Crippen molar-refractivity contribution in [3.63, 3.8) is 0 Å². The van der Waals surface area contributed by atoms with Crippen LogP contribution in [0, 0.1) is 0 Å². The monoisotopic (exact) mass is 990 g/mol. The van der Waals surface area contributed by atoms with Gasteiger partial charge >= 0.3 is 5.97 Å². The van der Waals surface area contributed by atoms with E-state index in [1.165, 1.54) is 302 Å². The summed E-state index contributed by atoms with van der Waals surface area (Å²) in [7, 11) is 0. The summed E-state index contributed by atoms with van der Waals surface area (Å²) >= 11 is 0. The first-order valence-electron chi connectivity index (χ1n) is 32.3. The van der Waals surface area contributed by atoms with E-state index < -0.39 is 12.1 Å². The van der Waals surface area contributed by atoms with E-state index in [0.717, 1.165) is 38.5 Å². The van der Waals surface area contributed by atoms with Crippen molar-refractivity contribution in [3.8, 4) is 0 Å². The van der Waals surface area contributed by atoms with Gasteiger partial charge in [-0.15, -0.1) is 0 Å². The molecule has 70 heavy (non-hydrogen) atoms. The molecule has 2 unspecified atom stereocenters. The highest BCUT2D eigenvalue weighted by molar-refractivity contribution is 5.76. The minimum absolute atomic E-state index is 0.0218. The van der Waals surface area contributed by atoms with Crippen molar-refractivity contribution in [1.82, 2.24) is 5.32 Å². The van der Waals surface area contributed by atoms with E-state index in [9.17, 15) is 19.8 Å². The number of nitrogens with one attached hydrogen (secondary N) is 1. The molecule has 0 aromatic carbocycles. The highest BCUT2D eigenvalue weighted by Crippen LogP contribution is 2.19. The van der Waals surface area contributed by atoms with Crippen LogP contribution in [0.5, 0.6) is 0 Å². The Morgan fingerprint density at radius 2 is 0.586 bits per heavy atom. The van der Waals surface area contributed by atoms with Crippen molar-refractivity contribution in [1.29, 1.82) is 0 Å². The molecule has 6 heteroatoms. The Morgan fingerprint density at radius 3 is 0.871 bits per heavy atom. The van der Waals surface area contributed by atoms with E-state index in [2.05, 4.69) is 19.2 Å². The number of amides is 1. The molecule has 0 saturated heterocycles. The van der Waals surface area contributed by atoms with Crippen LogP contribution in [0.3, 0.4) is 0 Å². The van der Waals surface area contributed by atoms with Crippen LogP contribution in [-0.2, 0) is 14.3 Å². The van der Waals surface area contributed by atoms with Gasteiger partial charge in [-0.05, 0) is 25.7 Å². The number of carbonyl (C=O) groups is 2. The average molecular weight is 991 g/mol. The summed E-state index contributed by atoms with van der Waals surface area (Å²) in [6, 6.07) is -0.536. The van der Waals surface area contributed by atoms with Gasteiger partial charge in [-0.1, -0.05) is 335 Å². The second-order valence-electron chi connectivity index (χ2n) is 22.5. The van der Waals surface area contributed by atoms with Crippen molar-refractivity contribution in [2.75, 3.05) is 13.2 Å². The van der Waals surface area contributed by atoms with E-state index in [0.29, 0.717) is 25.9 Å². The molecular formula is C64H127NO5. The van der Waals surface area contributed by atoms with Crippen LogP contribution >= 0.6 is 0 Å². The summed E-state index contributed by atoms with van der Waals surface area (Å²) in [5.74, 6) is -0.00835. The first-order chi connectivity index (χ1) is 34.5. The Balaban J connectivity index is 3.30. The van der Waals surface area contributed by atoms with Crippen molar-refractivity contribution in [3.05, 3.63) is 0 Å². The topological polar surface area (TPSA) is 95.9 Å². The fourth-order valence-corrected chi connectivity index (χ4v) is 10.5. The van der Waals surface area contributed by atoms with Gasteiger partial charge in [0.05, 0.1) is 25.4 Å². The average Bonchev–Trinajstić information content (AvgIpc) is 3.36. The number of ether oxygens (including phenoxy) is 1. The summed E-state index contributed by atoms with van der Waals surface area (Å²) < 4.78 is 5.49. The number of aliphatic hydroxyl groups excluding tert-OH is 2. The summed E-state index contributed by atoms with van der Waals surface area (Å²) in [6.07, 6.45) is 71.4. The maximum Gasteiger partial charge on any atom is 0.305 e. The normalized spacial score (nSPS) is 12.5. The molecule has 0 fully saturated rings. The summed E-state index contributed by atoms with van der Waals surface area (Å²) in [4.78, 5) is 24.5. The van der Waals surface area contributed by atoms with Gasteiger partial charge < -0.3 is 20.3 Å². The quantitative estimate of drug-likeness (QED) is 0.0417. The van der Waals surface area contributed by atoms with Gasteiger partial charge in [0.25, 0.3) is 0 Å². The maximum atomic E-state index is 12.4. The smallest absolute Gasteiger partial charge is 0.305 e. The number of hydrogen-bond donors (Lipinski definition) is 3. The molecule has 418 valence electrons. The van der Waals surface area contributed by atoms with Crippen LogP contribution in [0.25, 0.3) is 0 Å². The molecule has 0 bridgehead atoms. The Kier molecular flexibility index (Phi) is 59.4. The molecule has 0 spiro atoms. The molecule has 3 N–H and O–H groups in total. The van der Waals surface area contributed by atoms with Crippen molar-refractivity contribution < 1.29 is 24.5 Å². The number of unbranched alkanes of at least 4 members (excludes halogenated alkanes) is 50. The zero-order chi connectivity index (χ0) is 50.7. The molecule has 0 aromatic heterocycles. The van der Waals surface area contributed by atoms with Crippen LogP contribution < -0.4 is 5.32 Å². The molecule has 0 aliphatic rings. The molecule has 0 aliphatic heterocycles. The van der Waals surface area contributed by atoms with Crippen molar-refractivity contribution in [2.45, 2.75) is 386 Å². The number of aliphatic hydroxyl groups is 2. The fraction of sp³-hybridized carbons (Fsp3) is 0.969. The zero-order valence-corrected chi connectivity index (χ0v) is 47.8. The third kappa shape index (κ3) is 56.2. The van der Waals surface area contributed by atoms with Gasteiger partial charge in [0.2, 0.25) is 5.91 Å². The van der Waals surface area contributed by atoms with Crippen molar-refractivity contribution in [2.24, 2.45) is 0 Å². The molecular weight excluding hydrogens is 863 g/mol. The predicted octanol–water partition coefficient (Wildman–Crippen LogP) is 20.3. The Morgan fingerprint density at radius 1 is 0.343 bits per heavy atom. The van der Waals surface area contributed by atoms with E-state index in [1.54, 1.807) is 0 Å². The van der Waals surface area contributed by atoms with Crippen LogP contribution in [0.15, 0.2) is 0 Å². The largest absolute Gasteiger partial charge is 0.466 e. The molecule has 0 heterocycles. The lowest BCUT2D eigenvalue weighted by Gasteiger charge is -2.22. The Bertz CT molecular complexity index is 1010. The van der Waals surface area contributed by atoms with E-state index in [4.69, 9.17) is 4.74 Å². The molecule has 0 aromatic rings. The fourth-order valence-electron chi connectivity index (χ4n) is 10.5. The van der Waals surface area contributed by atoms with E-state index in [-0.39, 0.29) is 18.5 Å². The highest BCUT2D eigenvalue weighted by Gasteiger charge is 2.20. The van der Waals surface area contributed by atoms with Gasteiger partial charge in [-0.25, -0.2) is 0 Å². The second-order valence-corrected chi connectivity index (χ2v) is 22.5. The van der Waals surface area contributed by atoms with Crippen LogP contribution in [0.2, 0.25) is 0 Å². The molecule has 0 saturated carbocycles. The predicted molar refractivity (Wildman–Crippen MR) is 306 cm³/mol. The van der Waals surface area contributed by atoms with Crippen LogP contribution in [0.4, 0.5) is 0 Å². The molecule has 0 radical (unpaired) electrons.